The molecule has 0 unspecified atom stereocenters. The average Bonchev–Trinajstić information content (AvgIpc) is 3.34. The molecule has 8 heteroatoms. The van der Waals surface area contributed by atoms with Crippen LogP contribution in [0.3, 0.4) is 0 Å². The number of benzene rings is 2. The van der Waals surface area contributed by atoms with Gasteiger partial charge in [0.15, 0.2) is 5.82 Å². The largest absolute Gasteiger partial charge is 0.322 e. The van der Waals surface area contributed by atoms with Crippen LogP contribution in [0.25, 0.3) is 17.1 Å². The third-order valence-corrected chi connectivity index (χ3v) is 3.79. The van der Waals surface area contributed by atoms with E-state index in [-0.39, 0.29) is 5.91 Å². The fourth-order valence-corrected chi connectivity index (χ4v) is 2.60. The molecule has 0 atom stereocenters. The molecule has 1 amide bonds. The lowest BCUT2D eigenvalue weighted by Gasteiger charge is -2.10. The zero-order chi connectivity index (χ0) is 17.9. The summed E-state index contributed by atoms with van der Waals surface area (Å²) in [5.41, 5.74) is 2.63. The van der Waals surface area contributed by atoms with Gasteiger partial charge >= 0.3 is 0 Å². The number of carbonyl (C=O) groups is 1. The van der Waals surface area contributed by atoms with Crippen molar-refractivity contribution in [2.75, 3.05) is 5.32 Å². The van der Waals surface area contributed by atoms with E-state index >= 15 is 0 Å². The Labute approximate surface area is 148 Å². The Bertz CT molecular complexity index is 1050. The van der Waals surface area contributed by atoms with Crippen molar-refractivity contribution in [2.45, 2.75) is 6.92 Å². The van der Waals surface area contributed by atoms with Crippen molar-refractivity contribution in [3.05, 3.63) is 72.6 Å². The number of hydrogen-bond donors (Lipinski definition) is 2. The van der Waals surface area contributed by atoms with Gasteiger partial charge in [-0.3, -0.25) is 9.89 Å². The van der Waals surface area contributed by atoms with Crippen molar-refractivity contribution in [3.63, 3.8) is 0 Å². The normalized spacial score (nSPS) is 10.7. The first-order valence-electron chi connectivity index (χ1n) is 7.95. The third kappa shape index (κ3) is 3.07. The van der Waals surface area contributed by atoms with E-state index < -0.39 is 0 Å². The molecule has 2 heterocycles. The van der Waals surface area contributed by atoms with Crippen LogP contribution >= 0.6 is 0 Å². The fourth-order valence-electron chi connectivity index (χ4n) is 2.60. The van der Waals surface area contributed by atoms with Crippen LogP contribution in [0.4, 0.5) is 5.69 Å². The number of amides is 1. The molecule has 0 radical (unpaired) electrons. The number of aryl methyl sites for hydroxylation is 1. The summed E-state index contributed by atoms with van der Waals surface area (Å²) in [6.45, 7) is 1.84. The van der Waals surface area contributed by atoms with Crippen LogP contribution in [0, 0.1) is 6.92 Å². The molecular weight excluding hydrogens is 330 g/mol. The highest BCUT2D eigenvalue weighted by Gasteiger charge is 2.14. The topological polar surface area (TPSA) is 101 Å². The van der Waals surface area contributed by atoms with E-state index in [1.165, 1.54) is 6.33 Å². The van der Waals surface area contributed by atoms with E-state index in [4.69, 9.17) is 0 Å². The number of para-hydroxylation sites is 1. The van der Waals surface area contributed by atoms with Gasteiger partial charge in [-0.05, 0) is 31.2 Å². The number of aromatic amines is 1. The maximum Gasteiger partial charge on any atom is 0.257 e. The van der Waals surface area contributed by atoms with E-state index in [2.05, 4.69) is 30.6 Å². The van der Waals surface area contributed by atoms with Crippen LogP contribution in [0.15, 0.2) is 61.2 Å². The van der Waals surface area contributed by atoms with Crippen molar-refractivity contribution >= 4 is 11.6 Å². The molecular formula is C18H15N7O. The Morgan fingerprint density at radius 2 is 2.04 bits per heavy atom. The minimum absolute atomic E-state index is 0.237. The summed E-state index contributed by atoms with van der Waals surface area (Å²) in [5, 5.41) is 14.0. The predicted octanol–water partition coefficient (Wildman–Crippen LogP) is 2.61. The molecule has 0 bridgehead atoms. The molecule has 8 nitrogen and oxygen atoms in total. The summed E-state index contributed by atoms with van der Waals surface area (Å²) < 4.78 is 1.56. The van der Waals surface area contributed by atoms with Gasteiger partial charge in [-0.1, -0.05) is 24.3 Å². The quantitative estimate of drug-likeness (QED) is 0.592. The van der Waals surface area contributed by atoms with Gasteiger partial charge in [0.25, 0.3) is 5.91 Å². The molecule has 0 fully saturated rings. The molecule has 0 saturated carbocycles. The first kappa shape index (κ1) is 15.7. The Hall–Kier alpha value is -3.81. The summed E-state index contributed by atoms with van der Waals surface area (Å²) in [4.78, 5) is 21.0. The highest BCUT2D eigenvalue weighted by molar-refractivity contribution is 6.06. The number of hydrogen-bond acceptors (Lipinski definition) is 5. The molecule has 128 valence electrons. The van der Waals surface area contributed by atoms with Crippen molar-refractivity contribution < 1.29 is 4.79 Å². The minimum Gasteiger partial charge on any atom is -0.322 e. The molecule has 0 spiro atoms. The van der Waals surface area contributed by atoms with Gasteiger partial charge < -0.3 is 5.32 Å². The van der Waals surface area contributed by atoms with E-state index in [9.17, 15) is 4.79 Å². The standard InChI is InChI=1S/C18H15N7O/c1-12-21-17(24-23-12)13-5-4-6-14(9-13)22-18(26)15-7-2-3-8-16(15)25-11-19-10-20-25/h2-11H,1H3,(H,22,26)(H,21,23,24). The highest BCUT2D eigenvalue weighted by atomic mass is 16.1. The maximum absolute atomic E-state index is 12.8. The molecule has 0 aliphatic rings. The van der Waals surface area contributed by atoms with Gasteiger partial charge in [0.2, 0.25) is 0 Å². The Kier molecular flexibility index (Phi) is 3.98. The zero-order valence-corrected chi connectivity index (χ0v) is 13.9. The zero-order valence-electron chi connectivity index (χ0n) is 13.9. The molecule has 2 N–H and O–H groups in total. The Morgan fingerprint density at radius 3 is 2.81 bits per heavy atom. The first-order chi connectivity index (χ1) is 12.7. The van der Waals surface area contributed by atoms with Crippen molar-refractivity contribution in [1.29, 1.82) is 0 Å². The molecule has 0 aliphatic carbocycles. The second-order valence-electron chi connectivity index (χ2n) is 5.64. The second-order valence-corrected chi connectivity index (χ2v) is 5.64. The first-order valence-corrected chi connectivity index (χ1v) is 7.95. The Morgan fingerprint density at radius 1 is 1.15 bits per heavy atom. The molecule has 4 aromatic rings. The predicted molar refractivity (Wildman–Crippen MR) is 95.9 cm³/mol. The number of aromatic nitrogens is 6. The molecule has 0 aliphatic heterocycles. The molecule has 2 aromatic heterocycles. The van der Waals surface area contributed by atoms with Crippen LogP contribution in [-0.2, 0) is 0 Å². The van der Waals surface area contributed by atoms with E-state index in [0.29, 0.717) is 22.8 Å². The van der Waals surface area contributed by atoms with Crippen LogP contribution in [0.2, 0.25) is 0 Å². The summed E-state index contributed by atoms with van der Waals surface area (Å²) in [6.07, 6.45) is 2.98. The smallest absolute Gasteiger partial charge is 0.257 e. The Balaban J connectivity index is 1.62. The SMILES string of the molecule is Cc1nc(-c2cccc(NC(=O)c3ccccc3-n3cncn3)c2)n[nH]1. The maximum atomic E-state index is 12.8. The number of H-pyrrole nitrogens is 1. The van der Waals surface area contributed by atoms with Crippen LogP contribution < -0.4 is 5.32 Å². The average molecular weight is 345 g/mol. The van der Waals surface area contributed by atoms with Crippen molar-refractivity contribution in [3.8, 4) is 17.1 Å². The lowest BCUT2D eigenvalue weighted by atomic mass is 10.1. The summed E-state index contributed by atoms with van der Waals surface area (Å²) in [5.74, 6) is 1.08. The van der Waals surface area contributed by atoms with Crippen molar-refractivity contribution in [2.24, 2.45) is 0 Å². The van der Waals surface area contributed by atoms with Gasteiger partial charge in [0.05, 0.1) is 11.3 Å². The van der Waals surface area contributed by atoms with Crippen LogP contribution in [0.5, 0.6) is 0 Å². The number of nitrogens with zero attached hydrogens (tertiary/aromatic N) is 5. The van der Waals surface area contributed by atoms with Gasteiger partial charge in [-0.2, -0.15) is 10.2 Å². The fraction of sp³-hybridized carbons (Fsp3) is 0.0556. The van der Waals surface area contributed by atoms with Gasteiger partial charge in [0.1, 0.15) is 18.5 Å². The van der Waals surface area contributed by atoms with Crippen LogP contribution in [-0.4, -0.2) is 35.9 Å². The molecule has 0 saturated heterocycles. The number of nitrogens with one attached hydrogen (secondary N) is 2. The molecule has 4 rings (SSSR count). The summed E-state index contributed by atoms with van der Waals surface area (Å²) in [7, 11) is 0. The number of carbonyl (C=O) groups excluding carboxylic acids is 1. The lowest BCUT2D eigenvalue weighted by molar-refractivity contribution is 0.102. The van der Waals surface area contributed by atoms with E-state index in [1.54, 1.807) is 17.1 Å². The molecule has 26 heavy (non-hydrogen) atoms. The lowest BCUT2D eigenvalue weighted by Crippen LogP contribution is -2.15. The van der Waals surface area contributed by atoms with Gasteiger partial charge in [-0.15, -0.1) is 0 Å². The monoisotopic (exact) mass is 345 g/mol. The second kappa shape index (κ2) is 6.60. The number of anilines is 1. The number of rotatable bonds is 4. The van der Waals surface area contributed by atoms with Gasteiger partial charge in [-0.25, -0.2) is 14.6 Å². The summed E-state index contributed by atoms with van der Waals surface area (Å²) >= 11 is 0. The van der Waals surface area contributed by atoms with E-state index in [1.807, 2.05) is 49.4 Å². The third-order valence-electron chi connectivity index (χ3n) is 3.79. The minimum atomic E-state index is -0.237. The highest BCUT2D eigenvalue weighted by Crippen LogP contribution is 2.21. The van der Waals surface area contributed by atoms with Crippen LogP contribution in [0.1, 0.15) is 16.2 Å². The van der Waals surface area contributed by atoms with Gasteiger partial charge in [0, 0.05) is 11.3 Å². The summed E-state index contributed by atoms with van der Waals surface area (Å²) in [6, 6.07) is 14.6. The van der Waals surface area contributed by atoms with E-state index in [0.717, 1.165) is 11.4 Å². The molecule has 2 aromatic carbocycles. The van der Waals surface area contributed by atoms with Crippen molar-refractivity contribution in [1.82, 2.24) is 29.9 Å².